The van der Waals surface area contributed by atoms with E-state index in [0.29, 0.717) is 30.9 Å². The van der Waals surface area contributed by atoms with Gasteiger partial charge in [-0.15, -0.1) is 0 Å². The Hall–Kier alpha value is -3.27. The van der Waals surface area contributed by atoms with Crippen LogP contribution in [0, 0.1) is 5.92 Å². The van der Waals surface area contributed by atoms with Crippen molar-refractivity contribution in [1.82, 2.24) is 9.62 Å². The third-order valence-electron chi connectivity index (χ3n) is 6.05. The van der Waals surface area contributed by atoms with E-state index in [1.54, 1.807) is 11.0 Å². The van der Waals surface area contributed by atoms with Crippen molar-refractivity contribution in [2.45, 2.75) is 52.2 Å². The Morgan fingerprint density at radius 1 is 1.11 bits per heavy atom. The Balaban J connectivity index is 1.53. The Kier molecular flexibility index (Phi) is 7.44. The summed E-state index contributed by atoms with van der Waals surface area (Å²) in [6, 6.07) is 14.9. The number of hydrogen-bond donors (Lipinski definition) is 1. The van der Waals surface area contributed by atoms with Gasteiger partial charge in [0.2, 0.25) is 0 Å². The van der Waals surface area contributed by atoms with Crippen molar-refractivity contribution in [3.8, 4) is 5.75 Å². The molecule has 2 amide bonds. The van der Waals surface area contributed by atoms with E-state index in [1.165, 1.54) is 0 Å². The van der Waals surface area contributed by atoms with Crippen LogP contribution >= 0.6 is 0 Å². The summed E-state index contributed by atoms with van der Waals surface area (Å²) >= 11 is 0. The quantitative estimate of drug-likeness (QED) is 0.630. The fourth-order valence-corrected chi connectivity index (χ4v) is 5.62. The molecule has 194 valence electrons. The number of nitrogens with one attached hydrogen (secondary N) is 1. The molecule has 1 unspecified atom stereocenters. The number of benzene rings is 2. The van der Waals surface area contributed by atoms with Crippen molar-refractivity contribution in [2.24, 2.45) is 5.92 Å². The van der Waals surface area contributed by atoms with Crippen molar-refractivity contribution in [1.29, 1.82) is 0 Å². The average molecular weight is 516 g/mol. The van der Waals surface area contributed by atoms with Crippen molar-refractivity contribution in [3.05, 3.63) is 59.7 Å². The molecule has 2 fully saturated rings. The standard InChI is InChI=1S/C26H33N3O6S/c1-26(2,3)35-25(31)28-13-7-10-21(16-28)14-20-11-12-22(29-17-24(30)27-36(29,32)33)23(15-20)34-18-19-8-5-4-6-9-19/h4-6,8-9,11-12,15,21H,7,10,13-14,16-18H2,1-3H3,(H,27,30). The second kappa shape index (κ2) is 10.4. The van der Waals surface area contributed by atoms with Crippen LogP contribution in [0.4, 0.5) is 10.5 Å². The summed E-state index contributed by atoms with van der Waals surface area (Å²) in [4.78, 5) is 26.1. The predicted molar refractivity (Wildman–Crippen MR) is 136 cm³/mol. The smallest absolute Gasteiger partial charge is 0.410 e. The molecule has 2 saturated heterocycles. The molecule has 2 aromatic carbocycles. The van der Waals surface area contributed by atoms with E-state index >= 15 is 0 Å². The highest BCUT2D eigenvalue weighted by Gasteiger charge is 2.36. The van der Waals surface area contributed by atoms with Gasteiger partial charge in [-0.05, 0) is 69.2 Å². The van der Waals surface area contributed by atoms with Crippen LogP contribution in [-0.4, -0.2) is 50.6 Å². The van der Waals surface area contributed by atoms with Crippen LogP contribution in [0.2, 0.25) is 0 Å². The SMILES string of the molecule is CC(C)(C)OC(=O)N1CCCC(Cc2ccc(N3CC(=O)NS3(=O)=O)c(OCc3ccccc3)c2)C1. The largest absolute Gasteiger partial charge is 0.487 e. The lowest BCUT2D eigenvalue weighted by atomic mass is 9.91. The average Bonchev–Trinajstić information content (AvgIpc) is 3.09. The molecule has 1 atom stereocenters. The Labute approximate surface area is 212 Å². The Morgan fingerprint density at radius 3 is 2.53 bits per heavy atom. The summed E-state index contributed by atoms with van der Waals surface area (Å²) in [5.41, 5.74) is 1.67. The third kappa shape index (κ3) is 6.48. The lowest BCUT2D eigenvalue weighted by molar-refractivity contribution is -0.117. The van der Waals surface area contributed by atoms with Gasteiger partial charge in [0.15, 0.2) is 0 Å². The van der Waals surface area contributed by atoms with Crippen LogP contribution < -0.4 is 13.8 Å². The molecular formula is C26H33N3O6S. The molecule has 2 aliphatic heterocycles. The van der Waals surface area contributed by atoms with Gasteiger partial charge in [0.05, 0.1) is 5.69 Å². The number of piperidine rings is 1. The molecule has 10 heteroatoms. The number of ether oxygens (including phenoxy) is 2. The molecule has 2 heterocycles. The van der Waals surface area contributed by atoms with Crippen molar-refractivity contribution in [3.63, 3.8) is 0 Å². The summed E-state index contributed by atoms with van der Waals surface area (Å²) in [6.45, 7) is 6.79. The lowest BCUT2D eigenvalue weighted by Crippen LogP contribution is -2.43. The molecule has 36 heavy (non-hydrogen) atoms. The number of nitrogens with zero attached hydrogens (tertiary/aromatic N) is 2. The minimum absolute atomic E-state index is 0.234. The highest BCUT2D eigenvalue weighted by Crippen LogP contribution is 2.34. The first-order valence-electron chi connectivity index (χ1n) is 12.1. The summed E-state index contributed by atoms with van der Waals surface area (Å²) in [7, 11) is -3.97. The maximum atomic E-state index is 12.6. The third-order valence-corrected chi connectivity index (χ3v) is 7.44. The zero-order valence-corrected chi connectivity index (χ0v) is 21.7. The van der Waals surface area contributed by atoms with Gasteiger partial charge in [0.25, 0.3) is 5.91 Å². The minimum atomic E-state index is -3.97. The number of likely N-dealkylation sites (tertiary alicyclic amines) is 1. The summed E-state index contributed by atoms with van der Waals surface area (Å²) in [5, 5.41) is 0. The highest BCUT2D eigenvalue weighted by atomic mass is 32.2. The number of hydrogen-bond acceptors (Lipinski definition) is 6. The van der Waals surface area contributed by atoms with E-state index in [-0.39, 0.29) is 25.2 Å². The van der Waals surface area contributed by atoms with Crippen LogP contribution in [0.25, 0.3) is 0 Å². The molecule has 0 aliphatic carbocycles. The van der Waals surface area contributed by atoms with Crippen LogP contribution in [0.15, 0.2) is 48.5 Å². The summed E-state index contributed by atoms with van der Waals surface area (Å²) in [6.07, 6.45) is 2.26. The molecule has 1 N–H and O–H groups in total. The van der Waals surface area contributed by atoms with E-state index in [0.717, 1.165) is 28.3 Å². The van der Waals surface area contributed by atoms with Crippen LogP contribution in [0.5, 0.6) is 5.75 Å². The van der Waals surface area contributed by atoms with Crippen molar-refractivity contribution >= 4 is 27.9 Å². The normalized spacial score (nSPS) is 19.6. The van der Waals surface area contributed by atoms with Crippen LogP contribution in [-0.2, 0) is 32.8 Å². The van der Waals surface area contributed by atoms with E-state index < -0.39 is 21.7 Å². The van der Waals surface area contributed by atoms with E-state index in [9.17, 15) is 18.0 Å². The van der Waals surface area contributed by atoms with Gasteiger partial charge in [0.1, 0.15) is 24.5 Å². The zero-order chi connectivity index (χ0) is 25.9. The number of carbonyl (C=O) groups is 2. The van der Waals surface area contributed by atoms with Gasteiger partial charge in [-0.25, -0.2) is 13.8 Å². The minimum Gasteiger partial charge on any atom is -0.487 e. The van der Waals surface area contributed by atoms with Crippen LogP contribution in [0.1, 0.15) is 44.7 Å². The summed E-state index contributed by atoms with van der Waals surface area (Å²) in [5.74, 6) is 0.0339. The molecule has 4 rings (SSSR count). The molecule has 9 nitrogen and oxygen atoms in total. The van der Waals surface area contributed by atoms with Gasteiger partial charge < -0.3 is 14.4 Å². The van der Waals surface area contributed by atoms with E-state index in [1.807, 2.05) is 68.0 Å². The van der Waals surface area contributed by atoms with Gasteiger partial charge in [-0.1, -0.05) is 36.4 Å². The number of carbonyl (C=O) groups excluding carboxylic acids is 2. The second-order valence-corrected chi connectivity index (χ2v) is 11.8. The van der Waals surface area contributed by atoms with Gasteiger partial charge >= 0.3 is 16.3 Å². The predicted octanol–water partition coefficient (Wildman–Crippen LogP) is 3.64. The Morgan fingerprint density at radius 2 is 1.86 bits per heavy atom. The van der Waals surface area contributed by atoms with Crippen molar-refractivity contribution < 1.29 is 27.5 Å². The van der Waals surface area contributed by atoms with Crippen molar-refractivity contribution in [2.75, 3.05) is 23.9 Å². The Bertz CT molecular complexity index is 1210. The number of rotatable bonds is 6. The molecule has 0 bridgehead atoms. The highest BCUT2D eigenvalue weighted by molar-refractivity contribution is 7.92. The van der Waals surface area contributed by atoms with E-state index in [4.69, 9.17) is 9.47 Å². The fourth-order valence-electron chi connectivity index (χ4n) is 4.46. The number of amides is 2. The fraction of sp³-hybridized carbons (Fsp3) is 0.462. The molecule has 0 saturated carbocycles. The van der Waals surface area contributed by atoms with Crippen LogP contribution in [0.3, 0.4) is 0 Å². The van der Waals surface area contributed by atoms with E-state index in [2.05, 4.69) is 0 Å². The van der Waals surface area contributed by atoms with Gasteiger partial charge in [0, 0.05) is 13.1 Å². The molecular weight excluding hydrogens is 482 g/mol. The van der Waals surface area contributed by atoms with Gasteiger partial charge in [-0.2, -0.15) is 8.42 Å². The lowest BCUT2D eigenvalue weighted by Gasteiger charge is -2.34. The maximum absolute atomic E-state index is 12.6. The zero-order valence-electron chi connectivity index (χ0n) is 20.9. The second-order valence-electron chi connectivity index (χ2n) is 10.3. The molecule has 2 aromatic rings. The maximum Gasteiger partial charge on any atom is 0.410 e. The monoisotopic (exact) mass is 515 g/mol. The first kappa shape index (κ1) is 25.8. The number of anilines is 1. The molecule has 2 aliphatic rings. The topological polar surface area (TPSA) is 105 Å². The van der Waals surface area contributed by atoms with Gasteiger partial charge in [-0.3, -0.25) is 4.79 Å². The summed E-state index contributed by atoms with van der Waals surface area (Å²) < 4.78 is 39.6. The molecule has 0 spiro atoms. The molecule has 0 radical (unpaired) electrons. The first-order valence-corrected chi connectivity index (χ1v) is 13.5. The first-order chi connectivity index (χ1) is 17.0. The molecule has 0 aromatic heterocycles.